The van der Waals surface area contributed by atoms with Crippen molar-refractivity contribution in [2.75, 3.05) is 20.2 Å². The van der Waals surface area contributed by atoms with Gasteiger partial charge in [-0.25, -0.2) is 9.18 Å². The van der Waals surface area contributed by atoms with E-state index in [4.69, 9.17) is 14.6 Å². The summed E-state index contributed by atoms with van der Waals surface area (Å²) in [6.07, 6.45) is -1.46. The first-order chi connectivity index (χ1) is 10.4. The number of carbonyl (C=O) groups excluding carboxylic acids is 1. The predicted molar refractivity (Wildman–Crippen MR) is 75.2 cm³/mol. The lowest BCUT2D eigenvalue weighted by molar-refractivity contribution is -0.166. The van der Waals surface area contributed by atoms with Gasteiger partial charge in [-0.1, -0.05) is 0 Å². The summed E-state index contributed by atoms with van der Waals surface area (Å²) in [4.78, 5) is 24.8. The van der Waals surface area contributed by atoms with Gasteiger partial charge in [-0.05, 0) is 25.1 Å². The second-order valence-corrected chi connectivity index (χ2v) is 5.21. The van der Waals surface area contributed by atoms with Gasteiger partial charge in [0, 0.05) is 12.1 Å². The molecule has 1 heterocycles. The summed E-state index contributed by atoms with van der Waals surface area (Å²) in [6, 6.07) is 3.96. The molecule has 120 valence electrons. The largest absolute Gasteiger partial charge is 0.496 e. The van der Waals surface area contributed by atoms with Gasteiger partial charge in [-0.3, -0.25) is 4.79 Å². The Morgan fingerprint density at radius 3 is 2.82 bits per heavy atom. The van der Waals surface area contributed by atoms with E-state index in [1.807, 2.05) is 0 Å². The van der Waals surface area contributed by atoms with Gasteiger partial charge in [-0.2, -0.15) is 0 Å². The van der Waals surface area contributed by atoms with E-state index in [-0.39, 0.29) is 25.0 Å². The molecule has 0 radical (unpaired) electrons. The average Bonchev–Trinajstić information content (AvgIpc) is 2.46. The molecule has 2 rings (SSSR count). The molecular formula is C15H18FNO5. The summed E-state index contributed by atoms with van der Waals surface area (Å²) in [5, 5.41) is 9.03. The van der Waals surface area contributed by atoms with E-state index in [0.717, 1.165) is 0 Å². The Labute approximate surface area is 127 Å². The van der Waals surface area contributed by atoms with Crippen LogP contribution in [0.4, 0.5) is 4.39 Å². The molecule has 7 heteroatoms. The van der Waals surface area contributed by atoms with Gasteiger partial charge in [0.05, 0.1) is 26.2 Å². The third-order valence-electron chi connectivity index (χ3n) is 3.47. The molecule has 0 spiro atoms. The number of methoxy groups -OCH3 is 1. The van der Waals surface area contributed by atoms with Crippen LogP contribution in [0.5, 0.6) is 5.75 Å². The van der Waals surface area contributed by atoms with Crippen molar-refractivity contribution in [1.82, 2.24) is 4.90 Å². The molecule has 0 saturated carbocycles. The summed E-state index contributed by atoms with van der Waals surface area (Å²) < 4.78 is 23.7. The van der Waals surface area contributed by atoms with Crippen LogP contribution in [0.2, 0.25) is 0 Å². The maximum Gasteiger partial charge on any atom is 0.334 e. The Kier molecular flexibility index (Phi) is 4.97. The van der Waals surface area contributed by atoms with Crippen molar-refractivity contribution in [2.45, 2.75) is 25.6 Å². The highest BCUT2D eigenvalue weighted by molar-refractivity contribution is 5.81. The molecular weight excluding hydrogens is 293 g/mol. The van der Waals surface area contributed by atoms with Crippen molar-refractivity contribution in [3.05, 3.63) is 29.6 Å². The van der Waals surface area contributed by atoms with E-state index < -0.39 is 17.9 Å². The summed E-state index contributed by atoms with van der Waals surface area (Å²) in [5.74, 6) is -1.42. The van der Waals surface area contributed by atoms with Crippen molar-refractivity contribution in [1.29, 1.82) is 0 Å². The maximum absolute atomic E-state index is 13.3. The molecule has 1 unspecified atom stereocenters. The molecule has 1 aromatic carbocycles. The number of amides is 1. The third kappa shape index (κ3) is 3.73. The van der Waals surface area contributed by atoms with Crippen LogP contribution < -0.4 is 4.74 Å². The number of carboxylic acids is 1. The number of hydrogen-bond acceptors (Lipinski definition) is 4. The fourth-order valence-electron chi connectivity index (χ4n) is 2.45. The zero-order chi connectivity index (χ0) is 16.3. The fraction of sp³-hybridized carbons (Fsp3) is 0.467. The van der Waals surface area contributed by atoms with Crippen LogP contribution in [0, 0.1) is 5.82 Å². The Hall–Kier alpha value is -2.15. The number of benzene rings is 1. The Bertz CT molecular complexity index is 577. The van der Waals surface area contributed by atoms with Gasteiger partial charge in [0.15, 0.2) is 6.10 Å². The molecule has 1 amide bonds. The van der Waals surface area contributed by atoms with E-state index in [2.05, 4.69) is 0 Å². The first-order valence-electron chi connectivity index (χ1n) is 6.89. The SMILES string of the molecule is COc1ccc(F)cc1CC(=O)N1CC(C(=O)O)O[C@H](C)C1. The van der Waals surface area contributed by atoms with E-state index in [1.165, 1.54) is 30.2 Å². The van der Waals surface area contributed by atoms with Gasteiger partial charge >= 0.3 is 5.97 Å². The quantitative estimate of drug-likeness (QED) is 0.900. The molecule has 1 fully saturated rings. The van der Waals surface area contributed by atoms with Crippen molar-refractivity contribution in [3.8, 4) is 5.75 Å². The van der Waals surface area contributed by atoms with Crippen molar-refractivity contribution < 1.29 is 28.6 Å². The molecule has 0 aromatic heterocycles. The number of morpholine rings is 1. The fourth-order valence-corrected chi connectivity index (χ4v) is 2.45. The minimum Gasteiger partial charge on any atom is -0.496 e. The Morgan fingerprint density at radius 2 is 2.18 bits per heavy atom. The molecule has 1 N–H and O–H groups in total. The number of ether oxygens (including phenoxy) is 2. The zero-order valence-corrected chi connectivity index (χ0v) is 12.4. The summed E-state index contributed by atoms with van der Waals surface area (Å²) in [7, 11) is 1.44. The molecule has 1 aliphatic rings. The molecule has 6 nitrogen and oxygen atoms in total. The highest BCUT2D eigenvalue weighted by atomic mass is 19.1. The van der Waals surface area contributed by atoms with Crippen molar-refractivity contribution in [2.24, 2.45) is 0 Å². The lowest BCUT2D eigenvalue weighted by Gasteiger charge is -2.35. The normalized spacial score (nSPS) is 21.5. The number of hydrogen-bond donors (Lipinski definition) is 1. The van der Waals surface area contributed by atoms with Gasteiger partial charge < -0.3 is 19.5 Å². The Morgan fingerprint density at radius 1 is 1.45 bits per heavy atom. The molecule has 0 aliphatic carbocycles. The smallest absolute Gasteiger partial charge is 0.334 e. The topological polar surface area (TPSA) is 76.1 Å². The number of halogens is 1. The van der Waals surface area contributed by atoms with Crippen molar-refractivity contribution in [3.63, 3.8) is 0 Å². The van der Waals surface area contributed by atoms with Gasteiger partial charge in [-0.15, -0.1) is 0 Å². The number of carboxylic acid groups (broad SMARTS) is 1. The molecule has 1 saturated heterocycles. The van der Waals surface area contributed by atoms with Gasteiger partial charge in [0.1, 0.15) is 11.6 Å². The summed E-state index contributed by atoms with van der Waals surface area (Å²) in [5.41, 5.74) is 0.429. The maximum atomic E-state index is 13.3. The van der Waals surface area contributed by atoms with E-state index >= 15 is 0 Å². The van der Waals surface area contributed by atoms with E-state index in [1.54, 1.807) is 6.92 Å². The molecule has 1 aromatic rings. The zero-order valence-electron chi connectivity index (χ0n) is 12.4. The van der Waals surface area contributed by atoms with Crippen LogP contribution in [0.25, 0.3) is 0 Å². The molecule has 2 atom stereocenters. The monoisotopic (exact) mass is 311 g/mol. The van der Waals surface area contributed by atoms with Gasteiger partial charge in [0.25, 0.3) is 0 Å². The van der Waals surface area contributed by atoms with Gasteiger partial charge in [0.2, 0.25) is 5.91 Å². The van der Waals surface area contributed by atoms with Crippen LogP contribution in [0.3, 0.4) is 0 Å². The van der Waals surface area contributed by atoms with Crippen LogP contribution in [-0.2, 0) is 20.7 Å². The lowest BCUT2D eigenvalue weighted by Crippen LogP contribution is -2.52. The number of rotatable bonds is 4. The number of aliphatic carboxylic acids is 1. The van der Waals surface area contributed by atoms with Crippen LogP contribution >= 0.6 is 0 Å². The number of carbonyl (C=O) groups is 2. The predicted octanol–water partition coefficient (Wildman–Crippen LogP) is 1.08. The lowest BCUT2D eigenvalue weighted by atomic mass is 10.1. The molecule has 0 bridgehead atoms. The molecule has 22 heavy (non-hydrogen) atoms. The van der Waals surface area contributed by atoms with Crippen molar-refractivity contribution >= 4 is 11.9 Å². The van der Waals surface area contributed by atoms with Crippen LogP contribution in [0.1, 0.15) is 12.5 Å². The first-order valence-corrected chi connectivity index (χ1v) is 6.89. The van der Waals surface area contributed by atoms with E-state index in [0.29, 0.717) is 17.9 Å². The first kappa shape index (κ1) is 16.2. The minimum absolute atomic E-state index is 0.0177. The molecule has 1 aliphatic heterocycles. The highest BCUT2D eigenvalue weighted by Crippen LogP contribution is 2.21. The Balaban J connectivity index is 2.11. The van der Waals surface area contributed by atoms with Crippen LogP contribution in [-0.4, -0.2) is 54.3 Å². The average molecular weight is 311 g/mol. The second kappa shape index (κ2) is 6.74. The minimum atomic E-state index is -1.10. The number of nitrogens with zero attached hydrogens (tertiary/aromatic N) is 1. The van der Waals surface area contributed by atoms with Crippen LogP contribution in [0.15, 0.2) is 18.2 Å². The van der Waals surface area contributed by atoms with E-state index in [9.17, 15) is 14.0 Å². The third-order valence-corrected chi connectivity index (χ3v) is 3.47. The standard InChI is InChI=1S/C15H18FNO5/c1-9-7-17(8-13(22-9)15(19)20)14(18)6-10-5-11(16)3-4-12(10)21-2/h3-5,9,13H,6-8H2,1-2H3,(H,19,20)/t9-,13?/m1/s1. The summed E-state index contributed by atoms with van der Waals surface area (Å²) >= 11 is 0. The summed E-state index contributed by atoms with van der Waals surface area (Å²) in [6.45, 7) is 1.99. The highest BCUT2D eigenvalue weighted by Gasteiger charge is 2.32. The second-order valence-electron chi connectivity index (χ2n) is 5.21.